The summed E-state index contributed by atoms with van der Waals surface area (Å²) in [7, 11) is 0. The van der Waals surface area contributed by atoms with Crippen molar-refractivity contribution in [2.24, 2.45) is 11.3 Å². The maximum absolute atomic E-state index is 11.1. The molecule has 0 aromatic rings. The minimum Gasteiger partial charge on any atom is -0.478 e. The molecule has 0 heterocycles. The second-order valence-electron chi connectivity index (χ2n) is 8.54. The number of nitrogens with one attached hydrogen (secondary N) is 2. The average Bonchev–Trinajstić information content (AvgIpc) is 2.72. The number of aliphatic hydroxyl groups excluding tert-OH is 2. The minimum absolute atomic E-state index is 0.0176. The van der Waals surface area contributed by atoms with Crippen molar-refractivity contribution in [3.63, 3.8) is 0 Å². The zero-order valence-corrected chi connectivity index (χ0v) is 21.4. The molecule has 0 amide bonds. The highest BCUT2D eigenvalue weighted by Gasteiger charge is 2.21. The Labute approximate surface area is 206 Å². The molecule has 0 aliphatic carbocycles. The van der Waals surface area contributed by atoms with E-state index in [1.165, 1.54) is 13.8 Å². The second-order valence-corrected chi connectivity index (χ2v) is 8.54. The first-order valence-electron chi connectivity index (χ1n) is 10.9. The Kier molecular flexibility index (Phi) is 22.8. The Hall–Kier alpha value is -2.80. The van der Waals surface area contributed by atoms with Gasteiger partial charge < -0.3 is 30.1 Å². The van der Waals surface area contributed by atoms with Crippen LogP contribution in [-0.4, -0.2) is 70.6 Å². The molecular formula is C23H42N2O10. The van der Waals surface area contributed by atoms with Gasteiger partial charge in [0.25, 0.3) is 0 Å². The van der Waals surface area contributed by atoms with Gasteiger partial charge in [-0.05, 0) is 38.0 Å². The minimum atomic E-state index is -0.935. The molecule has 0 rings (SSSR count). The van der Waals surface area contributed by atoms with Gasteiger partial charge in [0, 0.05) is 24.2 Å². The highest BCUT2D eigenvalue weighted by molar-refractivity contribution is 5.85. The van der Waals surface area contributed by atoms with Gasteiger partial charge >= 0.3 is 23.9 Å². The Morgan fingerprint density at radius 3 is 1.57 bits per heavy atom. The van der Waals surface area contributed by atoms with Crippen LogP contribution in [0, 0.1) is 11.3 Å². The number of carboxylic acids is 2. The van der Waals surface area contributed by atoms with Crippen molar-refractivity contribution in [3.05, 3.63) is 24.3 Å². The standard InChI is InChI=1S/C15H30N2O6.2C4H6O2/c1-12(4-7-16-22-13(20)5-8-18)10-15(2,3)11-17-23-14(21)6-9-19;2*1-3(2)4(5)6/h12,16-19H,4-11H2,1-3H3;2*1H2,2H3,(H,5,6). The van der Waals surface area contributed by atoms with Crippen LogP contribution in [0.5, 0.6) is 0 Å². The summed E-state index contributed by atoms with van der Waals surface area (Å²) in [6.45, 7) is 16.0. The van der Waals surface area contributed by atoms with Crippen LogP contribution in [0.2, 0.25) is 0 Å². The normalized spacial score (nSPS) is 10.9. The predicted octanol–water partition coefficient (Wildman–Crippen LogP) is 1.58. The van der Waals surface area contributed by atoms with E-state index in [9.17, 15) is 19.2 Å². The molecule has 0 aromatic heterocycles. The zero-order chi connectivity index (χ0) is 28.0. The number of hydrogen-bond donors (Lipinski definition) is 6. The molecule has 0 fully saturated rings. The molecule has 35 heavy (non-hydrogen) atoms. The number of rotatable bonds is 15. The van der Waals surface area contributed by atoms with Crippen molar-refractivity contribution >= 4 is 23.9 Å². The molecule has 204 valence electrons. The molecule has 12 nitrogen and oxygen atoms in total. The molecule has 0 aliphatic rings. The van der Waals surface area contributed by atoms with E-state index in [0.717, 1.165) is 12.8 Å². The van der Waals surface area contributed by atoms with Crippen LogP contribution in [0.3, 0.4) is 0 Å². The fourth-order valence-corrected chi connectivity index (χ4v) is 2.15. The summed E-state index contributed by atoms with van der Waals surface area (Å²) in [6, 6.07) is 0. The topological polar surface area (TPSA) is 192 Å². The summed E-state index contributed by atoms with van der Waals surface area (Å²) >= 11 is 0. The number of carboxylic acid groups (broad SMARTS) is 2. The summed E-state index contributed by atoms with van der Waals surface area (Å²) in [5.74, 6) is -2.45. The molecule has 0 aliphatic heterocycles. The van der Waals surface area contributed by atoms with Crippen molar-refractivity contribution in [2.45, 2.75) is 60.3 Å². The van der Waals surface area contributed by atoms with E-state index in [2.05, 4.69) is 44.9 Å². The Bertz CT molecular complexity index is 629. The smallest absolute Gasteiger partial charge is 0.330 e. The molecule has 0 spiro atoms. The van der Waals surface area contributed by atoms with Crippen LogP contribution in [0.1, 0.15) is 60.3 Å². The molecule has 1 unspecified atom stereocenters. The van der Waals surface area contributed by atoms with Gasteiger partial charge in [0.1, 0.15) is 0 Å². The van der Waals surface area contributed by atoms with E-state index in [-0.39, 0.29) is 42.6 Å². The molecule has 1 atom stereocenters. The molecule has 0 bridgehead atoms. The third-order valence-corrected chi connectivity index (χ3v) is 3.93. The lowest BCUT2D eigenvalue weighted by molar-refractivity contribution is -0.153. The molecule has 0 radical (unpaired) electrons. The lowest BCUT2D eigenvalue weighted by Gasteiger charge is -2.28. The number of aliphatic hydroxyl groups is 2. The van der Waals surface area contributed by atoms with Gasteiger partial charge in [-0.25, -0.2) is 9.59 Å². The second kappa shape index (κ2) is 21.7. The number of carbonyl (C=O) groups is 4. The zero-order valence-electron chi connectivity index (χ0n) is 21.4. The van der Waals surface area contributed by atoms with Crippen LogP contribution in [0.4, 0.5) is 0 Å². The van der Waals surface area contributed by atoms with Crippen LogP contribution < -0.4 is 11.0 Å². The Balaban J connectivity index is -0.000000697. The van der Waals surface area contributed by atoms with E-state index in [1.807, 2.05) is 0 Å². The third-order valence-electron chi connectivity index (χ3n) is 3.93. The van der Waals surface area contributed by atoms with Crippen molar-refractivity contribution in [1.82, 2.24) is 11.0 Å². The molecule has 12 heteroatoms. The van der Waals surface area contributed by atoms with E-state index in [0.29, 0.717) is 19.0 Å². The van der Waals surface area contributed by atoms with Gasteiger partial charge in [0.05, 0.1) is 26.1 Å². The molecule has 0 saturated carbocycles. The van der Waals surface area contributed by atoms with Gasteiger partial charge in [0.15, 0.2) is 0 Å². The predicted molar refractivity (Wildman–Crippen MR) is 129 cm³/mol. The van der Waals surface area contributed by atoms with E-state index in [4.69, 9.17) is 30.1 Å². The highest BCUT2D eigenvalue weighted by atomic mass is 16.7. The van der Waals surface area contributed by atoms with E-state index in [1.54, 1.807) is 0 Å². The first-order valence-corrected chi connectivity index (χ1v) is 10.9. The average molecular weight is 507 g/mol. The molecule has 0 aromatic carbocycles. The van der Waals surface area contributed by atoms with E-state index < -0.39 is 23.9 Å². The number of hydroxylamine groups is 2. The van der Waals surface area contributed by atoms with Gasteiger partial charge in [-0.15, -0.1) is 0 Å². The Morgan fingerprint density at radius 2 is 1.23 bits per heavy atom. The summed E-state index contributed by atoms with van der Waals surface area (Å²) in [4.78, 5) is 50.9. The lowest BCUT2D eigenvalue weighted by atomic mass is 9.82. The first-order chi connectivity index (χ1) is 16.1. The van der Waals surface area contributed by atoms with Crippen molar-refractivity contribution < 1.29 is 49.3 Å². The van der Waals surface area contributed by atoms with Crippen molar-refractivity contribution in [1.29, 1.82) is 0 Å². The summed E-state index contributed by atoms with van der Waals surface area (Å²) in [5, 5.41) is 33.0. The van der Waals surface area contributed by atoms with Crippen LogP contribution in [0.25, 0.3) is 0 Å². The maximum atomic E-state index is 11.1. The number of hydrogen-bond acceptors (Lipinski definition) is 10. The van der Waals surface area contributed by atoms with Crippen LogP contribution in [0.15, 0.2) is 24.3 Å². The number of aliphatic carboxylic acids is 2. The third kappa shape index (κ3) is 29.2. The molecule has 6 N–H and O–H groups in total. The fraction of sp³-hybridized carbons (Fsp3) is 0.652. The summed E-state index contributed by atoms with van der Waals surface area (Å²) in [5.41, 5.74) is 5.51. The molecule has 0 saturated heterocycles. The van der Waals surface area contributed by atoms with E-state index >= 15 is 0 Å². The van der Waals surface area contributed by atoms with Crippen LogP contribution in [-0.2, 0) is 28.9 Å². The lowest BCUT2D eigenvalue weighted by Crippen LogP contribution is -2.33. The fourth-order valence-electron chi connectivity index (χ4n) is 2.15. The van der Waals surface area contributed by atoms with Gasteiger partial charge in [-0.1, -0.05) is 33.9 Å². The maximum Gasteiger partial charge on any atom is 0.330 e. The van der Waals surface area contributed by atoms with Gasteiger partial charge in [-0.3, -0.25) is 9.59 Å². The quantitative estimate of drug-likeness (QED) is 0.107. The monoisotopic (exact) mass is 506 g/mol. The summed E-state index contributed by atoms with van der Waals surface area (Å²) in [6.07, 6.45) is 1.67. The van der Waals surface area contributed by atoms with Crippen molar-refractivity contribution in [2.75, 3.05) is 26.3 Å². The van der Waals surface area contributed by atoms with Crippen LogP contribution >= 0.6 is 0 Å². The highest BCUT2D eigenvalue weighted by Crippen LogP contribution is 2.26. The number of carbonyl (C=O) groups excluding carboxylic acids is 2. The SMILES string of the molecule is C=C(C)C(=O)O.C=C(C)C(=O)O.CC(CCNOC(=O)CCO)CC(C)(C)CNOC(=O)CCO. The largest absolute Gasteiger partial charge is 0.478 e. The van der Waals surface area contributed by atoms with Gasteiger partial charge in [-0.2, -0.15) is 11.0 Å². The van der Waals surface area contributed by atoms with Gasteiger partial charge in [0.2, 0.25) is 0 Å². The molecular weight excluding hydrogens is 464 g/mol. The Morgan fingerprint density at radius 1 is 0.857 bits per heavy atom. The van der Waals surface area contributed by atoms with Crippen molar-refractivity contribution in [3.8, 4) is 0 Å². The summed E-state index contributed by atoms with van der Waals surface area (Å²) < 4.78 is 0. The first kappa shape index (κ1) is 36.8.